The first kappa shape index (κ1) is 16.2. The summed E-state index contributed by atoms with van der Waals surface area (Å²) in [5.41, 5.74) is 1.66. The predicted molar refractivity (Wildman–Crippen MR) is 82.9 cm³/mol. The predicted octanol–water partition coefficient (Wildman–Crippen LogP) is 2.51. The average Bonchev–Trinajstić information content (AvgIpc) is 2.70. The summed E-state index contributed by atoms with van der Waals surface area (Å²) in [4.78, 5) is 0.762. The highest BCUT2D eigenvalue weighted by Gasteiger charge is 2.20. The summed E-state index contributed by atoms with van der Waals surface area (Å²) >= 11 is 0.997. The van der Waals surface area contributed by atoms with Gasteiger partial charge in [-0.3, -0.25) is 4.55 Å². The Bertz CT molecular complexity index is 859. The van der Waals surface area contributed by atoms with Crippen LogP contribution in [0.25, 0.3) is 11.1 Å². The molecular weight excluding hydrogens is 332 g/mol. The van der Waals surface area contributed by atoms with Gasteiger partial charge in [-0.1, -0.05) is 24.3 Å². The third-order valence-corrected chi connectivity index (χ3v) is 6.02. The minimum atomic E-state index is -4.28. The quantitative estimate of drug-likeness (QED) is 0.859. The number of aryl methyl sites for hydroxylation is 1. The second kappa shape index (κ2) is 5.53. The molecule has 1 aromatic carbocycles. The van der Waals surface area contributed by atoms with Gasteiger partial charge < -0.3 is 0 Å². The van der Waals surface area contributed by atoms with Crippen LogP contribution in [0.15, 0.2) is 34.5 Å². The van der Waals surface area contributed by atoms with E-state index in [-0.39, 0.29) is 9.96 Å². The zero-order valence-electron chi connectivity index (χ0n) is 11.4. The molecule has 0 fully saturated rings. The molecule has 0 atom stereocenters. The largest absolute Gasteiger partial charge is 0.304 e. The highest BCUT2D eigenvalue weighted by atomic mass is 32.3. The first-order valence-corrected chi connectivity index (χ1v) is 10.2. The Hall–Kier alpha value is -1.22. The van der Waals surface area contributed by atoms with E-state index in [0.29, 0.717) is 16.7 Å². The summed E-state index contributed by atoms with van der Waals surface area (Å²) in [6, 6.07) is 8.25. The second-order valence-electron chi connectivity index (χ2n) is 4.80. The molecule has 114 valence electrons. The minimum Gasteiger partial charge on any atom is -0.281 e. The molecule has 2 rings (SSSR count). The summed E-state index contributed by atoms with van der Waals surface area (Å²) in [5.74, 6) is -0.0684. The molecule has 0 amide bonds. The van der Waals surface area contributed by atoms with E-state index < -0.39 is 20.0 Å². The van der Waals surface area contributed by atoms with Gasteiger partial charge in [-0.05, 0) is 24.1 Å². The van der Waals surface area contributed by atoms with Crippen LogP contribution in [-0.4, -0.2) is 27.6 Å². The van der Waals surface area contributed by atoms with Crippen molar-refractivity contribution in [2.45, 2.75) is 16.9 Å². The van der Waals surface area contributed by atoms with Crippen molar-refractivity contribution in [2.24, 2.45) is 0 Å². The fraction of sp³-hybridized carbons (Fsp3) is 0.231. The van der Waals surface area contributed by atoms with Crippen LogP contribution in [0.1, 0.15) is 10.4 Å². The van der Waals surface area contributed by atoms with E-state index in [1.54, 1.807) is 37.3 Å². The van der Waals surface area contributed by atoms with E-state index in [1.807, 2.05) is 0 Å². The van der Waals surface area contributed by atoms with Crippen molar-refractivity contribution in [1.82, 2.24) is 0 Å². The SMILES string of the molecule is Cc1cc(-c2ccc(CS(C)(=O)=O)cc2)c(S(=O)(=O)O)s1. The van der Waals surface area contributed by atoms with E-state index in [4.69, 9.17) is 0 Å². The van der Waals surface area contributed by atoms with E-state index in [9.17, 15) is 21.4 Å². The van der Waals surface area contributed by atoms with Crippen LogP contribution >= 0.6 is 11.3 Å². The molecular formula is C13H14O5S3. The number of rotatable bonds is 4. The minimum absolute atomic E-state index is 0.0684. The maximum absolute atomic E-state index is 11.4. The summed E-state index contributed by atoms with van der Waals surface area (Å²) < 4.78 is 54.4. The fourth-order valence-electron chi connectivity index (χ4n) is 1.97. The fourth-order valence-corrected chi connectivity index (χ4v) is 4.79. The van der Waals surface area contributed by atoms with Gasteiger partial charge in [-0.15, -0.1) is 11.3 Å². The topological polar surface area (TPSA) is 88.5 Å². The maximum atomic E-state index is 11.4. The van der Waals surface area contributed by atoms with Gasteiger partial charge in [0.1, 0.15) is 0 Å². The van der Waals surface area contributed by atoms with Crippen LogP contribution in [0.3, 0.4) is 0 Å². The molecule has 0 saturated heterocycles. The molecule has 0 radical (unpaired) electrons. The van der Waals surface area contributed by atoms with Crippen LogP contribution < -0.4 is 0 Å². The highest BCUT2D eigenvalue weighted by molar-refractivity contribution is 7.89. The zero-order valence-corrected chi connectivity index (χ0v) is 13.8. The molecule has 0 spiro atoms. The Labute approximate surface area is 127 Å². The first-order chi connectivity index (χ1) is 9.56. The van der Waals surface area contributed by atoms with E-state index in [0.717, 1.165) is 22.5 Å². The zero-order chi connectivity index (χ0) is 15.8. The Kier molecular flexibility index (Phi) is 4.25. The number of sulfone groups is 1. The van der Waals surface area contributed by atoms with Gasteiger partial charge in [-0.25, -0.2) is 8.42 Å². The van der Waals surface area contributed by atoms with Gasteiger partial charge in [0.05, 0.1) is 5.75 Å². The molecule has 0 bridgehead atoms. The molecule has 8 heteroatoms. The summed E-state index contributed by atoms with van der Waals surface area (Å²) in [6.45, 7) is 1.75. The van der Waals surface area contributed by atoms with Crippen molar-refractivity contribution in [3.8, 4) is 11.1 Å². The molecule has 21 heavy (non-hydrogen) atoms. The van der Waals surface area contributed by atoms with Crippen LogP contribution in [0.2, 0.25) is 0 Å². The first-order valence-electron chi connectivity index (χ1n) is 5.91. The monoisotopic (exact) mass is 346 g/mol. The van der Waals surface area contributed by atoms with Crippen LogP contribution in [-0.2, 0) is 25.7 Å². The number of hydrogen-bond donors (Lipinski definition) is 1. The summed E-state index contributed by atoms with van der Waals surface area (Å²) in [7, 11) is -7.39. The lowest BCUT2D eigenvalue weighted by Gasteiger charge is -2.04. The normalized spacial score (nSPS) is 12.5. The third-order valence-electron chi connectivity index (χ3n) is 2.75. The number of hydrogen-bond acceptors (Lipinski definition) is 5. The molecule has 0 unspecified atom stereocenters. The molecule has 0 aliphatic heterocycles. The van der Waals surface area contributed by atoms with Crippen LogP contribution in [0.5, 0.6) is 0 Å². The van der Waals surface area contributed by atoms with Crippen molar-refractivity contribution in [2.75, 3.05) is 6.26 Å². The summed E-state index contributed by atoms with van der Waals surface area (Å²) in [5, 5.41) is 0. The van der Waals surface area contributed by atoms with E-state index in [1.165, 1.54) is 0 Å². The van der Waals surface area contributed by atoms with E-state index >= 15 is 0 Å². The average molecular weight is 346 g/mol. The smallest absolute Gasteiger partial charge is 0.281 e. The van der Waals surface area contributed by atoms with E-state index in [2.05, 4.69) is 0 Å². The highest BCUT2D eigenvalue weighted by Crippen LogP contribution is 2.34. The second-order valence-corrected chi connectivity index (χ2v) is 9.81. The lowest BCUT2D eigenvalue weighted by Crippen LogP contribution is -2.00. The van der Waals surface area contributed by atoms with Gasteiger partial charge in [0.2, 0.25) is 0 Å². The summed E-state index contributed by atoms with van der Waals surface area (Å²) in [6.07, 6.45) is 1.15. The lowest BCUT2D eigenvalue weighted by atomic mass is 10.1. The van der Waals surface area contributed by atoms with Crippen LogP contribution in [0.4, 0.5) is 0 Å². The maximum Gasteiger partial charge on any atom is 0.304 e. The van der Waals surface area contributed by atoms with Crippen molar-refractivity contribution in [1.29, 1.82) is 0 Å². The standard InChI is InChI=1S/C13H14O5S3/c1-9-7-12(13(19-9)21(16,17)18)11-5-3-10(4-6-11)8-20(2,14)15/h3-7H,8H2,1-2H3,(H,16,17,18). The molecule has 0 aliphatic rings. The lowest BCUT2D eigenvalue weighted by molar-refractivity contribution is 0.486. The molecule has 1 heterocycles. The third kappa shape index (κ3) is 4.13. The molecule has 0 saturated carbocycles. The van der Waals surface area contributed by atoms with Crippen LogP contribution in [0, 0.1) is 6.92 Å². The van der Waals surface area contributed by atoms with Crippen molar-refractivity contribution >= 4 is 31.3 Å². The molecule has 1 aromatic heterocycles. The van der Waals surface area contributed by atoms with Gasteiger partial charge in [0.15, 0.2) is 14.0 Å². The Morgan fingerprint density at radius 3 is 2.14 bits per heavy atom. The van der Waals surface area contributed by atoms with Crippen molar-refractivity contribution in [3.63, 3.8) is 0 Å². The molecule has 2 aromatic rings. The number of thiophene rings is 1. The Balaban J connectivity index is 2.45. The van der Waals surface area contributed by atoms with Gasteiger partial charge in [-0.2, -0.15) is 8.42 Å². The van der Waals surface area contributed by atoms with Crippen molar-refractivity contribution < 1.29 is 21.4 Å². The molecule has 1 N–H and O–H groups in total. The molecule has 5 nitrogen and oxygen atoms in total. The van der Waals surface area contributed by atoms with Crippen molar-refractivity contribution in [3.05, 3.63) is 40.8 Å². The Morgan fingerprint density at radius 2 is 1.67 bits per heavy atom. The number of benzene rings is 1. The van der Waals surface area contributed by atoms with Gasteiger partial charge in [0.25, 0.3) is 0 Å². The Morgan fingerprint density at radius 1 is 1.10 bits per heavy atom. The van der Waals surface area contributed by atoms with Gasteiger partial charge >= 0.3 is 10.1 Å². The molecule has 0 aliphatic carbocycles. The van der Waals surface area contributed by atoms with Gasteiger partial charge in [0, 0.05) is 16.7 Å².